The number of aromatic nitrogens is 2. The largest absolute Gasteiger partial charge is 0.449 e. The Kier molecular flexibility index (Phi) is 2.39. The lowest BCUT2D eigenvalue weighted by atomic mass is 9.97. The second-order valence-electron chi connectivity index (χ2n) is 8.29. The summed E-state index contributed by atoms with van der Waals surface area (Å²) in [4.78, 5) is 0. The van der Waals surface area contributed by atoms with Crippen LogP contribution in [0.1, 0.15) is 16.7 Å². The average molecular weight is 363 g/mol. The molecule has 1 aliphatic heterocycles. The zero-order valence-electron chi connectivity index (χ0n) is 16.1. The van der Waals surface area contributed by atoms with Crippen LogP contribution in [-0.2, 0) is 6.67 Å². The molecule has 0 saturated carbocycles. The van der Waals surface area contributed by atoms with E-state index < -0.39 is 0 Å². The van der Waals surface area contributed by atoms with E-state index in [-0.39, 0.29) is 0 Å². The maximum Gasteiger partial charge on any atom is 0.261 e. The molecule has 0 bridgehead atoms. The fourth-order valence-electron chi connectivity index (χ4n) is 5.26. The third-order valence-corrected chi connectivity index (χ3v) is 6.56. The van der Waals surface area contributed by atoms with Gasteiger partial charge in [0.2, 0.25) is 12.3 Å². The second kappa shape index (κ2) is 4.56. The van der Waals surface area contributed by atoms with Gasteiger partial charge in [0.25, 0.3) is 5.52 Å². The summed E-state index contributed by atoms with van der Waals surface area (Å²) in [7, 11) is 0. The van der Waals surface area contributed by atoms with E-state index in [4.69, 9.17) is 4.42 Å². The van der Waals surface area contributed by atoms with Crippen LogP contribution in [0.2, 0.25) is 0 Å². The molecule has 0 fully saturated rings. The first-order valence-corrected chi connectivity index (χ1v) is 9.82. The lowest BCUT2D eigenvalue weighted by Gasteiger charge is -2.07. The van der Waals surface area contributed by atoms with Crippen LogP contribution in [0.25, 0.3) is 54.6 Å². The van der Waals surface area contributed by atoms with Crippen molar-refractivity contribution in [3.63, 3.8) is 0 Å². The summed E-state index contributed by atoms with van der Waals surface area (Å²) in [6.45, 7) is 7.33. The number of nitrogens with zero attached hydrogens (tertiary/aromatic N) is 2. The Morgan fingerprint density at radius 3 is 2.64 bits per heavy atom. The molecule has 6 aromatic rings. The van der Waals surface area contributed by atoms with Crippen molar-refractivity contribution >= 4 is 54.6 Å². The van der Waals surface area contributed by atoms with Gasteiger partial charge >= 0.3 is 0 Å². The van der Waals surface area contributed by atoms with E-state index in [1.165, 1.54) is 60.2 Å². The molecule has 0 amide bonds. The third-order valence-electron chi connectivity index (χ3n) is 6.56. The molecule has 0 aliphatic carbocycles. The van der Waals surface area contributed by atoms with Crippen molar-refractivity contribution in [2.24, 2.45) is 0 Å². The number of rotatable bonds is 0. The number of aryl methyl sites for hydroxylation is 3. The van der Waals surface area contributed by atoms with Crippen LogP contribution in [0.4, 0.5) is 0 Å². The number of hydrogen-bond donors (Lipinski definition) is 0. The molecule has 3 nitrogen and oxygen atoms in total. The summed E-state index contributed by atoms with van der Waals surface area (Å²) in [6, 6.07) is 15.7. The summed E-state index contributed by atoms with van der Waals surface area (Å²) in [6.07, 6.45) is 2.20. The predicted molar refractivity (Wildman–Crippen MR) is 114 cm³/mol. The SMILES string of the molecule is Cc1ccc2c(c1)c1cc(C)c3ccc4oc5c(C)cc[n+]6c5c4c3c1n2C6. The molecule has 3 aromatic heterocycles. The molecular formula is C25H19N2O+. The Morgan fingerprint density at radius 2 is 1.75 bits per heavy atom. The van der Waals surface area contributed by atoms with Gasteiger partial charge in [0, 0.05) is 27.8 Å². The van der Waals surface area contributed by atoms with Crippen LogP contribution in [0, 0.1) is 20.8 Å². The normalized spacial score (nSPS) is 13.4. The van der Waals surface area contributed by atoms with E-state index in [0.717, 1.165) is 17.8 Å². The molecule has 28 heavy (non-hydrogen) atoms. The van der Waals surface area contributed by atoms with Gasteiger partial charge in [-0.15, -0.1) is 0 Å². The Bertz CT molecular complexity index is 1660. The fraction of sp³-hybridized carbons (Fsp3) is 0.160. The highest BCUT2D eigenvalue weighted by molar-refractivity contribution is 6.29. The standard InChI is InChI=1S/C25H19N2O/c1-13-4-6-19-17(10-13)18-11-15(3)16-5-7-20-22-21(16)23(18)27(19)12-26-9-8-14(2)25(28-20)24(22)26/h4-11H,12H2,1-3H3/q+1. The second-order valence-corrected chi connectivity index (χ2v) is 8.29. The summed E-state index contributed by atoms with van der Waals surface area (Å²) < 4.78 is 11.2. The zero-order valence-corrected chi connectivity index (χ0v) is 16.1. The predicted octanol–water partition coefficient (Wildman–Crippen LogP) is 5.88. The van der Waals surface area contributed by atoms with E-state index >= 15 is 0 Å². The first kappa shape index (κ1) is 14.7. The molecular weight excluding hydrogens is 344 g/mol. The Hall–Kier alpha value is -3.33. The van der Waals surface area contributed by atoms with Gasteiger partial charge in [-0.3, -0.25) is 4.57 Å². The first-order chi connectivity index (χ1) is 13.6. The molecule has 0 N–H and O–H groups in total. The molecule has 0 unspecified atom stereocenters. The summed E-state index contributed by atoms with van der Waals surface area (Å²) >= 11 is 0. The summed E-state index contributed by atoms with van der Waals surface area (Å²) in [5.41, 5.74) is 9.64. The number of benzene rings is 3. The molecule has 134 valence electrons. The molecule has 0 radical (unpaired) electrons. The lowest BCUT2D eigenvalue weighted by Crippen LogP contribution is -2.37. The van der Waals surface area contributed by atoms with Crippen molar-refractivity contribution in [3.8, 4) is 0 Å². The molecule has 3 heteroatoms. The number of pyridine rings is 1. The maximum absolute atomic E-state index is 6.35. The highest BCUT2D eigenvalue weighted by Gasteiger charge is 2.29. The van der Waals surface area contributed by atoms with Crippen molar-refractivity contribution in [3.05, 3.63) is 65.4 Å². The van der Waals surface area contributed by atoms with Gasteiger partial charge in [-0.25, -0.2) is 0 Å². The van der Waals surface area contributed by atoms with Gasteiger partial charge < -0.3 is 4.42 Å². The van der Waals surface area contributed by atoms with Gasteiger partial charge in [-0.05, 0) is 56.0 Å². The van der Waals surface area contributed by atoms with E-state index in [1.807, 2.05) is 0 Å². The quantitative estimate of drug-likeness (QED) is 0.308. The minimum atomic E-state index is 0.793. The fourth-order valence-corrected chi connectivity index (χ4v) is 5.26. The number of fused-ring (bicyclic) bond motifs is 3. The number of hydrogen-bond acceptors (Lipinski definition) is 1. The Labute approximate surface area is 161 Å². The van der Waals surface area contributed by atoms with Crippen LogP contribution < -0.4 is 4.57 Å². The van der Waals surface area contributed by atoms with Gasteiger partial charge in [-0.2, -0.15) is 4.57 Å². The van der Waals surface area contributed by atoms with Gasteiger partial charge in [-0.1, -0.05) is 17.7 Å². The summed E-state index contributed by atoms with van der Waals surface area (Å²) in [5, 5.41) is 6.59. The van der Waals surface area contributed by atoms with Gasteiger partial charge in [0.15, 0.2) is 6.20 Å². The molecule has 4 heterocycles. The van der Waals surface area contributed by atoms with E-state index in [1.54, 1.807) is 0 Å². The first-order valence-electron chi connectivity index (χ1n) is 9.82. The van der Waals surface area contributed by atoms with Crippen molar-refractivity contribution in [1.29, 1.82) is 0 Å². The molecule has 1 aliphatic rings. The highest BCUT2D eigenvalue weighted by Crippen LogP contribution is 2.43. The molecule has 0 spiro atoms. The van der Waals surface area contributed by atoms with Crippen LogP contribution >= 0.6 is 0 Å². The van der Waals surface area contributed by atoms with Crippen molar-refractivity contribution < 1.29 is 8.98 Å². The molecule has 0 atom stereocenters. The molecule has 7 rings (SSSR count). The summed E-state index contributed by atoms with van der Waals surface area (Å²) in [5.74, 6) is 0. The minimum absolute atomic E-state index is 0.793. The molecule has 3 aromatic carbocycles. The molecule has 0 saturated heterocycles. The van der Waals surface area contributed by atoms with Crippen molar-refractivity contribution in [2.45, 2.75) is 27.4 Å². The van der Waals surface area contributed by atoms with Crippen LogP contribution in [0.15, 0.2) is 53.1 Å². The minimum Gasteiger partial charge on any atom is -0.449 e. The maximum atomic E-state index is 6.35. The van der Waals surface area contributed by atoms with E-state index in [2.05, 4.69) is 78.6 Å². The van der Waals surface area contributed by atoms with Crippen molar-refractivity contribution in [1.82, 2.24) is 4.57 Å². The smallest absolute Gasteiger partial charge is 0.261 e. The monoisotopic (exact) mass is 363 g/mol. The lowest BCUT2D eigenvalue weighted by molar-refractivity contribution is -0.674. The van der Waals surface area contributed by atoms with Crippen LogP contribution in [0.3, 0.4) is 0 Å². The van der Waals surface area contributed by atoms with Crippen LogP contribution in [-0.4, -0.2) is 4.57 Å². The Morgan fingerprint density at radius 1 is 0.857 bits per heavy atom. The van der Waals surface area contributed by atoms with E-state index in [9.17, 15) is 0 Å². The van der Waals surface area contributed by atoms with Gasteiger partial charge in [0.1, 0.15) is 11.0 Å². The van der Waals surface area contributed by atoms with Gasteiger partial charge in [0.05, 0.1) is 11.0 Å². The van der Waals surface area contributed by atoms with E-state index in [0.29, 0.717) is 0 Å². The van der Waals surface area contributed by atoms with Crippen LogP contribution in [0.5, 0.6) is 0 Å². The topological polar surface area (TPSA) is 21.9 Å². The number of furan rings is 1. The van der Waals surface area contributed by atoms with Crippen molar-refractivity contribution in [2.75, 3.05) is 0 Å². The third kappa shape index (κ3) is 1.52. The average Bonchev–Trinajstić information content (AvgIpc) is 3.16. The zero-order chi connectivity index (χ0) is 18.7. The highest BCUT2D eigenvalue weighted by atomic mass is 16.3. The Balaban J connectivity index is 1.92.